The van der Waals surface area contributed by atoms with E-state index < -0.39 is 18.0 Å². The van der Waals surface area contributed by atoms with Gasteiger partial charge >= 0.3 is 5.97 Å². The van der Waals surface area contributed by atoms with Gasteiger partial charge < -0.3 is 14.9 Å². The summed E-state index contributed by atoms with van der Waals surface area (Å²) < 4.78 is 5.51. The van der Waals surface area contributed by atoms with Crippen molar-refractivity contribution in [1.82, 2.24) is 0 Å². The first-order chi connectivity index (χ1) is 9.60. The second-order valence-electron chi connectivity index (χ2n) is 4.95. The Morgan fingerprint density at radius 2 is 2.05 bits per heavy atom. The van der Waals surface area contributed by atoms with Crippen molar-refractivity contribution in [2.45, 2.75) is 45.6 Å². The number of carbonyl (C=O) groups is 1. The van der Waals surface area contributed by atoms with Crippen LogP contribution in [0.25, 0.3) is 0 Å². The van der Waals surface area contributed by atoms with E-state index in [0.29, 0.717) is 24.3 Å². The van der Waals surface area contributed by atoms with Crippen LogP contribution >= 0.6 is 0 Å². The number of benzene rings is 1. The average molecular weight is 280 g/mol. The fraction of sp³-hybridized carbons (Fsp3) is 0.562. The van der Waals surface area contributed by atoms with Crippen LogP contribution in [0.1, 0.15) is 51.2 Å². The van der Waals surface area contributed by atoms with Gasteiger partial charge in [-0.05, 0) is 30.5 Å². The lowest BCUT2D eigenvalue weighted by Gasteiger charge is -2.20. The van der Waals surface area contributed by atoms with Gasteiger partial charge in [-0.2, -0.15) is 0 Å². The summed E-state index contributed by atoms with van der Waals surface area (Å²) in [6, 6.07) is 7.06. The lowest BCUT2D eigenvalue weighted by Crippen LogP contribution is -2.22. The largest absolute Gasteiger partial charge is 0.494 e. The molecule has 0 radical (unpaired) electrons. The molecule has 0 aliphatic rings. The molecule has 0 bridgehead atoms. The Morgan fingerprint density at radius 1 is 1.30 bits per heavy atom. The number of hydrogen-bond donors (Lipinski definition) is 2. The van der Waals surface area contributed by atoms with E-state index in [0.717, 1.165) is 19.3 Å². The summed E-state index contributed by atoms with van der Waals surface area (Å²) in [4.78, 5) is 11.3. The zero-order chi connectivity index (χ0) is 15.0. The fourth-order valence-corrected chi connectivity index (χ4v) is 2.08. The molecule has 2 atom stereocenters. The number of carboxylic acids is 1. The number of ether oxygens (including phenoxy) is 1. The van der Waals surface area contributed by atoms with Crippen LogP contribution in [0.5, 0.6) is 5.75 Å². The zero-order valence-corrected chi connectivity index (χ0v) is 12.2. The molecule has 4 nitrogen and oxygen atoms in total. The number of rotatable bonds is 9. The lowest BCUT2D eigenvalue weighted by atomic mass is 9.91. The highest BCUT2D eigenvalue weighted by Gasteiger charge is 2.27. The van der Waals surface area contributed by atoms with Crippen LogP contribution in [0.3, 0.4) is 0 Å². The van der Waals surface area contributed by atoms with Crippen molar-refractivity contribution in [2.75, 3.05) is 6.61 Å². The Bertz CT molecular complexity index is 417. The van der Waals surface area contributed by atoms with Gasteiger partial charge in [0.05, 0.1) is 18.6 Å². The monoisotopic (exact) mass is 280 g/mol. The maximum Gasteiger partial charge on any atom is 0.309 e. The van der Waals surface area contributed by atoms with Crippen molar-refractivity contribution in [3.63, 3.8) is 0 Å². The lowest BCUT2D eigenvalue weighted by molar-refractivity contribution is -0.146. The van der Waals surface area contributed by atoms with Gasteiger partial charge in [0.15, 0.2) is 0 Å². The summed E-state index contributed by atoms with van der Waals surface area (Å²) in [7, 11) is 0. The molecule has 4 heteroatoms. The molecule has 0 aromatic heterocycles. The van der Waals surface area contributed by atoms with Crippen LogP contribution in [0.15, 0.2) is 24.3 Å². The number of aliphatic carboxylic acids is 1. The molecule has 0 fully saturated rings. The van der Waals surface area contributed by atoms with Gasteiger partial charge in [0.2, 0.25) is 0 Å². The highest BCUT2D eigenvalue weighted by atomic mass is 16.5. The molecule has 0 saturated carbocycles. The van der Waals surface area contributed by atoms with Crippen LogP contribution < -0.4 is 4.74 Å². The maximum absolute atomic E-state index is 11.3. The minimum Gasteiger partial charge on any atom is -0.494 e. The Kier molecular flexibility index (Phi) is 7.09. The molecule has 1 aromatic rings. The van der Waals surface area contributed by atoms with E-state index in [1.54, 1.807) is 18.2 Å². The van der Waals surface area contributed by atoms with E-state index in [-0.39, 0.29) is 0 Å². The summed E-state index contributed by atoms with van der Waals surface area (Å²) in [5.74, 6) is -1.05. The van der Waals surface area contributed by atoms with Gasteiger partial charge in [-0.3, -0.25) is 4.79 Å². The number of aliphatic hydroxyl groups is 1. The molecule has 0 amide bonds. The predicted octanol–water partition coefficient (Wildman–Crippen LogP) is 3.40. The number of aliphatic hydroxyl groups excluding tert-OH is 1. The fourth-order valence-electron chi connectivity index (χ4n) is 2.08. The Balaban J connectivity index is 2.82. The van der Waals surface area contributed by atoms with E-state index in [9.17, 15) is 15.0 Å². The Morgan fingerprint density at radius 3 is 2.65 bits per heavy atom. The summed E-state index contributed by atoms with van der Waals surface area (Å²) >= 11 is 0. The van der Waals surface area contributed by atoms with Crippen molar-refractivity contribution >= 4 is 5.97 Å². The van der Waals surface area contributed by atoms with Gasteiger partial charge in [0, 0.05) is 0 Å². The summed E-state index contributed by atoms with van der Waals surface area (Å²) in [6.07, 6.45) is 2.09. The molecule has 2 N–H and O–H groups in total. The first kappa shape index (κ1) is 16.5. The predicted molar refractivity (Wildman–Crippen MR) is 77.8 cm³/mol. The minimum absolute atomic E-state index is 0.479. The number of hydrogen-bond acceptors (Lipinski definition) is 3. The molecule has 0 spiro atoms. The van der Waals surface area contributed by atoms with Crippen LogP contribution in [-0.4, -0.2) is 22.8 Å². The highest BCUT2D eigenvalue weighted by molar-refractivity contribution is 5.71. The third-order valence-electron chi connectivity index (χ3n) is 3.24. The van der Waals surface area contributed by atoms with Gasteiger partial charge in [0.1, 0.15) is 5.75 Å². The SMILES string of the molecule is CCCCC(C(=O)O)C(O)c1cccc(OCCC)c1. The van der Waals surface area contributed by atoms with E-state index in [2.05, 4.69) is 0 Å². The van der Waals surface area contributed by atoms with Gasteiger partial charge in [0.25, 0.3) is 0 Å². The first-order valence-electron chi connectivity index (χ1n) is 7.23. The normalized spacial score (nSPS) is 13.8. The summed E-state index contributed by atoms with van der Waals surface area (Å²) in [5.41, 5.74) is 0.599. The number of carboxylic acid groups (broad SMARTS) is 1. The maximum atomic E-state index is 11.3. The molecule has 0 aliphatic heterocycles. The average Bonchev–Trinajstić information content (AvgIpc) is 2.45. The van der Waals surface area contributed by atoms with E-state index in [1.165, 1.54) is 0 Å². The molecule has 2 unspecified atom stereocenters. The van der Waals surface area contributed by atoms with Crippen molar-refractivity contribution in [1.29, 1.82) is 0 Å². The second-order valence-corrected chi connectivity index (χ2v) is 4.95. The van der Waals surface area contributed by atoms with Crippen LogP contribution in [0.4, 0.5) is 0 Å². The third kappa shape index (κ3) is 4.85. The van der Waals surface area contributed by atoms with Crippen LogP contribution in [0, 0.1) is 5.92 Å². The standard InChI is InChI=1S/C16H24O4/c1-3-5-9-14(16(18)19)15(17)12-7-6-8-13(11-12)20-10-4-2/h6-8,11,14-15,17H,3-5,9-10H2,1-2H3,(H,18,19). The van der Waals surface area contributed by atoms with Gasteiger partial charge in [-0.1, -0.05) is 38.8 Å². The molecule has 112 valence electrons. The third-order valence-corrected chi connectivity index (χ3v) is 3.24. The van der Waals surface area contributed by atoms with E-state index in [1.807, 2.05) is 19.9 Å². The van der Waals surface area contributed by atoms with E-state index in [4.69, 9.17) is 4.74 Å². The quantitative estimate of drug-likeness (QED) is 0.727. The highest BCUT2D eigenvalue weighted by Crippen LogP contribution is 2.28. The zero-order valence-electron chi connectivity index (χ0n) is 12.2. The smallest absolute Gasteiger partial charge is 0.309 e. The number of unbranched alkanes of at least 4 members (excludes halogenated alkanes) is 1. The molecule has 1 aromatic carbocycles. The van der Waals surface area contributed by atoms with Crippen molar-refractivity contribution < 1.29 is 19.7 Å². The molecular weight excluding hydrogens is 256 g/mol. The topological polar surface area (TPSA) is 66.8 Å². The Labute approximate surface area is 120 Å². The Hall–Kier alpha value is -1.55. The molecule has 1 rings (SSSR count). The van der Waals surface area contributed by atoms with Crippen molar-refractivity contribution in [3.05, 3.63) is 29.8 Å². The molecule has 20 heavy (non-hydrogen) atoms. The van der Waals surface area contributed by atoms with Gasteiger partial charge in [-0.25, -0.2) is 0 Å². The molecular formula is C16H24O4. The molecule has 0 saturated heterocycles. The van der Waals surface area contributed by atoms with Crippen LogP contribution in [0.2, 0.25) is 0 Å². The minimum atomic E-state index is -0.996. The second kappa shape index (κ2) is 8.59. The van der Waals surface area contributed by atoms with Crippen molar-refractivity contribution in [2.24, 2.45) is 5.92 Å². The van der Waals surface area contributed by atoms with Crippen molar-refractivity contribution in [3.8, 4) is 5.75 Å². The molecule has 0 aliphatic carbocycles. The van der Waals surface area contributed by atoms with Crippen LogP contribution in [-0.2, 0) is 4.79 Å². The van der Waals surface area contributed by atoms with E-state index >= 15 is 0 Å². The molecule has 0 heterocycles. The van der Waals surface area contributed by atoms with Gasteiger partial charge in [-0.15, -0.1) is 0 Å². The summed E-state index contributed by atoms with van der Waals surface area (Å²) in [5, 5.41) is 19.5. The first-order valence-corrected chi connectivity index (χ1v) is 7.23. The summed E-state index contributed by atoms with van der Waals surface area (Å²) in [6.45, 7) is 4.63.